The van der Waals surface area contributed by atoms with Crippen molar-refractivity contribution in [3.8, 4) is 5.75 Å². The van der Waals surface area contributed by atoms with E-state index in [1.807, 2.05) is 12.1 Å². The summed E-state index contributed by atoms with van der Waals surface area (Å²) in [6, 6.07) is 5.61. The van der Waals surface area contributed by atoms with Crippen molar-refractivity contribution >= 4 is 5.78 Å². The zero-order chi connectivity index (χ0) is 22.1. The molecule has 0 amide bonds. The summed E-state index contributed by atoms with van der Waals surface area (Å²) in [7, 11) is 0. The van der Waals surface area contributed by atoms with Gasteiger partial charge in [0.1, 0.15) is 11.5 Å². The summed E-state index contributed by atoms with van der Waals surface area (Å²) < 4.78 is 0. The normalized spacial score (nSPS) is 31.3. The maximum absolute atomic E-state index is 13.0. The van der Waals surface area contributed by atoms with Gasteiger partial charge in [0.15, 0.2) is 0 Å². The minimum absolute atomic E-state index is 0.182. The highest BCUT2D eigenvalue weighted by molar-refractivity contribution is 5.82. The molecule has 2 aliphatic rings. The summed E-state index contributed by atoms with van der Waals surface area (Å²) in [5, 5.41) is 9.86. The largest absolute Gasteiger partial charge is 0.508 e. The van der Waals surface area contributed by atoms with Crippen LogP contribution in [0.15, 0.2) is 30.4 Å². The lowest BCUT2D eigenvalue weighted by atomic mass is 9.58. The summed E-state index contributed by atoms with van der Waals surface area (Å²) >= 11 is 0. The van der Waals surface area contributed by atoms with Crippen LogP contribution >= 0.6 is 0 Å². The van der Waals surface area contributed by atoms with E-state index >= 15 is 0 Å². The van der Waals surface area contributed by atoms with Crippen molar-refractivity contribution < 1.29 is 9.90 Å². The van der Waals surface area contributed by atoms with Crippen LogP contribution in [0, 0.1) is 47.8 Å². The predicted octanol–water partition coefficient (Wildman–Crippen LogP) is 7.13. The van der Waals surface area contributed by atoms with Crippen molar-refractivity contribution in [3.63, 3.8) is 0 Å². The molecule has 2 aliphatic carbocycles. The van der Waals surface area contributed by atoms with Crippen LogP contribution in [-0.4, -0.2) is 10.9 Å². The number of rotatable bonds is 7. The summed E-state index contributed by atoms with van der Waals surface area (Å²) in [4.78, 5) is 13.0. The molecule has 2 heteroatoms. The molecule has 2 unspecified atom stereocenters. The zero-order valence-electron chi connectivity index (χ0n) is 19.9. The number of allylic oxidation sites excluding steroid dienone is 2. The average Bonchev–Trinajstić information content (AvgIpc) is 3.05. The number of carbonyl (C=O) groups excluding carboxylic acids is 1. The third-order valence-electron chi connectivity index (χ3n) is 8.75. The molecule has 3 rings (SSSR count). The number of carbonyl (C=O) groups is 1. The second-order valence-electron chi connectivity index (χ2n) is 10.9. The Morgan fingerprint density at radius 1 is 1.17 bits per heavy atom. The van der Waals surface area contributed by atoms with Crippen molar-refractivity contribution in [2.45, 2.75) is 80.1 Å². The fourth-order valence-electron chi connectivity index (χ4n) is 6.30. The Labute approximate surface area is 184 Å². The van der Waals surface area contributed by atoms with E-state index in [1.165, 1.54) is 24.0 Å². The third kappa shape index (κ3) is 4.68. The molecule has 30 heavy (non-hydrogen) atoms. The molecule has 1 aromatic carbocycles. The number of aryl methyl sites for hydroxylation is 2. The highest BCUT2D eigenvalue weighted by Gasteiger charge is 2.54. The maximum Gasteiger partial charge on any atom is 0.136 e. The van der Waals surface area contributed by atoms with Crippen LogP contribution in [0.5, 0.6) is 5.75 Å². The van der Waals surface area contributed by atoms with Crippen molar-refractivity contribution in [1.29, 1.82) is 0 Å². The van der Waals surface area contributed by atoms with Gasteiger partial charge in [-0.25, -0.2) is 0 Å². The molecule has 1 N–H and O–H groups in total. The Hall–Kier alpha value is -1.57. The zero-order valence-corrected chi connectivity index (χ0v) is 19.9. The van der Waals surface area contributed by atoms with Gasteiger partial charge in [-0.3, -0.25) is 4.79 Å². The van der Waals surface area contributed by atoms with E-state index in [0.717, 1.165) is 25.7 Å². The quantitative estimate of drug-likeness (QED) is 0.485. The number of Topliss-reactive ketones (excluding diaryl/α,β-unsaturated/α-hetero) is 1. The van der Waals surface area contributed by atoms with Crippen LogP contribution in [0.2, 0.25) is 0 Å². The van der Waals surface area contributed by atoms with E-state index in [-0.39, 0.29) is 11.3 Å². The van der Waals surface area contributed by atoms with Gasteiger partial charge in [0.05, 0.1) is 0 Å². The van der Waals surface area contributed by atoms with E-state index in [9.17, 15) is 9.90 Å². The van der Waals surface area contributed by atoms with Crippen molar-refractivity contribution in [2.75, 3.05) is 0 Å². The molecule has 0 aromatic heterocycles. The van der Waals surface area contributed by atoms with Crippen molar-refractivity contribution in [1.82, 2.24) is 0 Å². The van der Waals surface area contributed by atoms with Crippen LogP contribution in [0.1, 0.15) is 77.8 Å². The lowest BCUT2D eigenvalue weighted by molar-refractivity contribution is -0.132. The number of hydrogen-bond acceptors (Lipinski definition) is 2. The first kappa shape index (κ1) is 23.1. The molecule has 166 valence electrons. The lowest BCUT2D eigenvalue weighted by Crippen LogP contribution is -2.43. The van der Waals surface area contributed by atoms with Gasteiger partial charge in [0.25, 0.3) is 0 Å². The first-order chi connectivity index (χ1) is 14.1. The molecule has 2 fully saturated rings. The van der Waals surface area contributed by atoms with Crippen molar-refractivity contribution in [2.24, 2.45) is 40.9 Å². The monoisotopic (exact) mass is 410 g/mol. The van der Waals surface area contributed by atoms with Gasteiger partial charge >= 0.3 is 0 Å². The molecule has 0 spiro atoms. The number of phenolic OH excluding ortho intramolecular Hbond substituents is 1. The van der Waals surface area contributed by atoms with Crippen LogP contribution < -0.4 is 0 Å². The maximum atomic E-state index is 13.0. The summed E-state index contributed by atoms with van der Waals surface area (Å²) in [6.07, 6.45) is 10.9. The van der Waals surface area contributed by atoms with E-state index < -0.39 is 0 Å². The second-order valence-corrected chi connectivity index (χ2v) is 10.9. The van der Waals surface area contributed by atoms with Gasteiger partial charge < -0.3 is 5.11 Å². The van der Waals surface area contributed by atoms with Gasteiger partial charge in [-0.1, -0.05) is 52.8 Å². The first-order valence-corrected chi connectivity index (χ1v) is 12.1. The number of ketones is 1. The number of hydrogen-bond donors (Lipinski definition) is 1. The van der Waals surface area contributed by atoms with E-state index in [1.54, 1.807) is 6.07 Å². The number of fused-ring (bicyclic) bond motifs is 1. The Morgan fingerprint density at radius 2 is 1.90 bits per heavy atom. The van der Waals surface area contributed by atoms with Gasteiger partial charge in [-0.2, -0.15) is 0 Å². The predicted molar refractivity (Wildman–Crippen MR) is 126 cm³/mol. The van der Waals surface area contributed by atoms with E-state index in [2.05, 4.69) is 53.7 Å². The molecule has 0 heterocycles. The van der Waals surface area contributed by atoms with Crippen LogP contribution in [0.3, 0.4) is 0 Å². The summed E-state index contributed by atoms with van der Waals surface area (Å²) in [5.74, 6) is 4.04. The third-order valence-corrected chi connectivity index (χ3v) is 8.75. The Bertz CT molecular complexity index is 777. The smallest absolute Gasteiger partial charge is 0.136 e. The van der Waals surface area contributed by atoms with E-state index in [4.69, 9.17) is 0 Å². The van der Waals surface area contributed by atoms with Crippen molar-refractivity contribution in [3.05, 3.63) is 41.5 Å². The van der Waals surface area contributed by atoms with Crippen LogP contribution in [-0.2, 0) is 11.2 Å². The topological polar surface area (TPSA) is 37.3 Å². The second kappa shape index (κ2) is 9.28. The van der Waals surface area contributed by atoms with Crippen LogP contribution in [0.4, 0.5) is 0 Å². The standard InChI is InChI=1S/C28H42O2/c1-18(2)19(3)7-8-21(5)25-13-14-26-24(27(30)15-16-28(25,26)6)12-10-22-17-23(29)11-9-20(22)4/h7-9,11,17-19,21,24-26,29H,10,12-16H2,1-6H3/b8-7+/t19?,21?,24-,25+,26-,28+/m0/s1. The molecule has 2 nitrogen and oxygen atoms in total. The van der Waals surface area contributed by atoms with Gasteiger partial charge in [0, 0.05) is 12.3 Å². The molecule has 0 radical (unpaired) electrons. The minimum atomic E-state index is 0.182. The molecular weight excluding hydrogens is 368 g/mol. The number of benzene rings is 1. The first-order valence-electron chi connectivity index (χ1n) is 12.1. The number of phenols is 1. The van der Waals surface area contributed by atoms with Gasteiger partial charge in [0.2, 0.25) is 0 Å². The number of aromatic hydroxyl groups is 1. The molecule has 2 saturated carbocycles. The summed E-state index contributed by atoms with van der Waals surface area (Å²) in [6.45, 7) is 13.9. The SMILES string of the molecule is Cc1ccc(O)cc1CC[C@@H]1C(=O)CC[C@]2(C)[C@@H](C(C)/C=C/C(C)C(C)C)CC[C@@H]12. The molecule has 0 bridgehead atoms. The summed E-state index contributed by atoms with van der Waals surface area (Å²) in [5.41, 5.74) is 2.67. The van der Waals surface area contributed by atoms with E-state index in [0.29, 0.717) is 41.1 Å². The highest BCUT2D eigenvalue weighted by Crippen LogP contribution is 2.59. The Morgan fingerprint density at radius 3 is 2.60 bits per heavy atom. The fraction of sp³-hybridized carbons (Fsp3) is 0.679. The van der Waals surface area contributed by atoms with Gasteiger partial charge in [-0.15, -0.1) is 0 Å². The van der Waals surface area contributed by atoms with Gasteiger partial charge in [-0.05, 0) is 97.3 Å². The Balaban J connectivity index is 1.73. The molecule has 0 saturated heterocycles. The Kier molecular flexibility index (Phi) is 7.15. The average molecular weight is 411 g/mol. The van der Waals surface area contributed by atoms with Crippen LogP contribution in [0.25, 0.3) is 0 Å². The minimum Gasteiger partial charge on any atom is -0.508 e. The molecule has 6 atom stereocenters. The molecular formula is C28H42O2. The fourth-order valence-corrected chi connectivity index (χ4v) is 6.30. The molecule has 1 aromatic rings. The highest BCUT2D eigenvalue weighted by atomic mass is 16.3. The lowest BCUT2D eigenvalue weighted by Gasteiger charge is -2.46. The molecule has 0 aliphatic heterocycles.